The zero-order valence-corrected chi connectivity index (χ0v) is 15.9. The van der Waals surface area contributed by atoms with E-state index in [0.29, 0.717) is 24.3 Å². The van der Waals surface area contributed by atoms with Gasteiger partial charge < -0.3 is 9.64 Å². The summed E-state index contributed by atoms with van der Waals surface area (Å²) >= 11 is 0. The minimum atomic E-state index is -3.45. The van der Waals surface area contributed by atoms with E-state index in [1.807, 2.05) is 4.90 Å². The van der Waals surface area contributed by atoms with Crippen LogP contribution in [0.15, 0.2) is 24.3 Å². The van der Waals surface area contributed by atoms with Gasteiger partial charge >= 0.3 is 0 Å². The van der Waals surface area contributed by atoms with E-state index in [4.69, 9.17) is 4.74 Å². The molecule has 0 unspecified atom stereocenters. The van der Waals surface area contributed by atoms with Gasteiger partial charge in [-0.15, -0.1) is 0 Å². The van der Waals surface area contributed by atoms with Crippen LogP contribution >= 0.6 is 0 Å². The van der Waals surface area contributed by atoms with Crippen LogP contribution < -0.4 is 9.04 Å². The second kappa shape index (κ2) is 9.08. The maximum absolute atomic E-state index is 12.4. The summed E-state index contributed by atoms with van der Waals surface area (Å²) in [7, 11) is -1.93. The number of sulfonamides is 1. The molecule has 0 saturated carbocycles. The Bertz CT molecular complexity index is 667. The van der Waals surface area contributed by atoms with Crippen LogP contribution in [0.1, 0.15) is 38.5 Å². The van der Waals surface area contributed by atoms with Gasteiger partial charge in [-0.3, -0.25) is 9.10 Å². The lowest BCUT2D eigenvalue weighted by Gasteiger charge is -2.25. The van der Waals surface area contributed by atoms with Crippen molar-refractivity contribution in [1.82, 2.24) is 4.90 Å². The Hall–Kier alpha value is -1.76. The van der Waals surface area contributed by atoms with Crippen LogP contribution in [0.25, 0.3) is 0 Å². The molecule has 140 valence electrons. The molecule has 1 aromatic carbocycles. The fourth-order valence-corrected chi connectivity index (χ4v) is 4.12. The molecule has 1 fully saturated rings. The zero-order valence-electron chi connectivity index (χ0n) is 15.1. The van der Waals surface area contributed by atoms with Gasteiger partial charge in [0.15, 0.2) is 0 Å². The number of hydrogen-bond acceptors (Lipinski definition) is 4. The lowest BCUT2D eigenvalue weighted by molar-refractivity contribution is -0.131. The molecule has 7 heteroatoms. The van der Waals surface area contributed by atoms with Crippen molar-refractivity contribution in [2.75, 3.05) is 37.3 Å². The number of nitrogens with zero attached hydrogens (tertiary/aromatic N) is 2. The first-order chi connectivity index (χ1) is 11.9. The molecule has 0 aliphatic carbocycles. The summed E-state index contributed by atoms with van der Waals surface area (Å²) in [6.07, 6.45) is 6.50. The van der Waals surface area contributed by atoms with Crippen molar-refractivity contribution >= 4 is 21.6 Å². The Morgan fingerprint density at radius 3 is 2.40 bits per heavy atom. The molecule has 1 saturated heterocycles. The SMILES string of the molecule is COc1ccccc1N(CCCC(=O)N1CCCCCC1)S(C)(=O)=O. The molecule has 1 amide bonds. The zero-order chi connectivity index (χ0) is 18.3. The van der Waals surface area contributed by atoms with Crippen molar-refractivity contribution in [3.63, 3.8) is 0 Å². The highest BCUT2D eigenvalue weighted by molar-refractivity contribution is 7.92. The smallest absolute Gasteiger partial charge is 0.232 e. The molecule has 1 aromatic rings. The van der Waals surface area contributed by atoms with Gasteiger partial charge in [0.25, 0.3) is 0 Å². The molecule has 0 aromatic heterocycles. The van der Waals surface area contributed by atoms with Gasteiger partial charge in [-0.1, -0.05) is 25.0 Å². The van der Waals surface area contributed by atoms with Crippen molar-refractivity contribution in [2.45, 2.75) is 38.5 Å². The first kappa shape index (κ1) is 19.6. The normalized spacial score (nSPS) is 15.5. The van der Waals surface area contributed by atoms with E-state index >= 15 is 0 Å². The molecular formula is C18H28N2O4S. The number of para-hydroxylation sites is 2. The standard InChI is InChI=1S/C18H28N2O4S/c1-24-17-11-6-5-10-16(17)20(25(2,22)23)15-9-12-18(21)19-13-7-3-4-8-14-19/h5-6,10-11H,3-4,7-9,12-15H2,1-2H3. The van der Waals surface area contributed by atoms with Crippen molar-refractivity contribution < 1.29 is 17.9 Å². The van der Waals surface area contributed by atoms with E-state index in [9.17, 15) is 13.2 Å². The topological polar surface area (TPSA) is 66.9 Å². The fourth-order valence-electron chi connectivity index (χ4n) is 3.15. The van der Waals surface area contributed by atoms with E-state index < -0.39 is 10.0 Å². The summed E-state index contributed by atoms with van der Waals surface area (Å²) in [5.74, 6) is 0.627. The quantitative estimate of drug-likeness (QED) is 0.742. The van der Waals surface area contributed by atoms with Crippen molar-refractivity contribution in [3.05, 3.63) is 24.3 Å². The molecule has 25 heavy (non-hydrogen) atoms. The molecule has 0 radical (unpaired) electrons. The Morgan fingerprint density at radius 2 is 1.80 bits per heavy atom. The number of carbonyl (C=O) groups is 1. The van der Waals surface area contributed by atoms with Crippen molar-refractivity contribution in [2.24, 2.45) is 0 Å². The molecule has 1 aliphatic rings. The molecule has 1 aliphatic heterocycles. The van der Waals surface area contributed by atoms with E-state index in [2.05, 4.69) is 0 Å². The third-order valence-corrected chi connectivity index (χ3v) is 5.64. The van der Waals surface area contributed by atoms with Crippen LogP contribution in [-0.2, 0) is 14.8 Å². The van der Waals surface area contributed by atoms with Crippen molar-refractivity contribution in [3.8, 4) is 5.75 Å². The second-order valence-electron chi connectivity index (χ2n) is 6.41. The average molecular weight is 368 g/mol. The Morgan fingerprint density at radius 1 is 1.16 bits per heavy atom. The summed E-state index contributed by atoms with van der Waals surface area (Å²) in [5, 5.41) is 0. The van der Waals surface area contributed by atoms with Crippen molar-refractivity contribution in [1.29, 1.82) is 0 Å². The van der Waals surface area contributed by atoms with Gasteiger partial charge in [0, 0.05) is 26.1 Å². The van der Waals surface area contributed by atoms with Crippen LogP contribution in [-0.4, -0.2) is 52.2 Å². The third kappa shape index (κ3) is 5.63. The van der Waals surface area contributed by atoms with Gasteiger partial charge in [-0.25, -0.2) is 8.42 Å². The number of methoxy groups -OCH3 is 1. The molecule has 0 spiro atoms. The second-order valence-corrected chi connectivity index (χ2v) is 8.31. The highest BCUT2D eigenvalue weighted by atomic mass is 32.2. The summed E-state index contributed by atoms with van der Waals surface area (Å²) in [6.45, 7) is 1.90. The molecule has 0 bridgehead atoms. The van der Waals surface area contributed by atoms with E-state index in [1.54, 1.807) is 24.3 Å². The summed E-state index contributed by atoms with van der Waals surface area (Å²) in [5.41, 5.74) is 0.509. The van der Waals surface area contributed by atoms with Crippen LogP contribution in [0.3, 0.4) is 0 Å². The van der Waals surface area contributed by atoms with Gasteiger partial charge in [0.2, 0.25) is 15.9 Å². The minimum Gasteiger partial charge on any atom is -0.495 e. The van der Waals surface area contributed by atoms with Gasteiger partial charge in [0.1, 0.15) is 5.75 Å². The van der Waals surface area contributed by atoms with Crippen LogP contribution in [0.4, 0.5) is 5.69 Å². The van der Waals surface area contributed by atoms with Crippen LogP contribution in [0.2, 0.25) is 0 Å². The number of likely N-dealkylation sites (tertiary alicyclic amines) is 1. The lowest BCUT2D eigenvalue weighted by atomic mass is 10.2. The fraction of sp³-hybridized carbons (Fsp3) is 0.611. The average Bonchev–Trinajstić information content (AvgIpc) is 2.87. The Labute approximate surface area is 150 Å². The molecule has 6 nitrogen and oxygen atoms in total. The number of benzene rings is 1. The highest BCUT2D eigenvalue weighted by Crippen LogP contribution is 2.29. The van der Waals surface area contributed by atoms with Gasteiger partial charge in [-0.2, -0.15) is 0 Å². The number of hydrogen-bond donors (Lipinski definition) is 0. The minimum absolute atomic E-state index is 0.121. The summed E-state index contributed by atoms with van der Waals surface area (Å²) in [4.78, 5) is 14.3. The molecule has 1 heterocycles. The molecule has 0 N–H and O–H groups in total. The van der Waals surface area contributed by atoms with Gasteiger partial charge in [0.05, 0.1) is 19.1 Å². The molecule has 0 atom stereocenters. The predicted molar refractivity (Wildman–Crippen MR) is 99.5 cm³/mol. The first-order valence-electron chi connectivity index (χ1n) is 8.82. The maximum Gasteiger partial charge on any atom is 0.232 e. The lowest BCUT2D eigenvalue weighted by Crippen LogP contribution is -2.34. The molecular weight excluding hydrogens is 340 g/mol. The number of amides is 1. The number of anilines is 1. The summed E-state index contributed by atoms with van der Waals surface area (Å²) < 4.78 is 31.0. The van der Waals surface area contributed by atoms with Crippen LogP contribution in [0, 0.1) is 0 Å². The number of carbonyl (C=O) groups excluding carboxylic acids is 1. The van der Waals surface area contributed by atoms with Gasteiger partial charge in [-0.05, 0) is 31.4 Å². The predicted octanol–water partition coefficient (Wildman–Crippen LogP) is 2.64. The Kier molecular flexibility index (Phi) is 7.11. The molecule has 2 rings (SSSR count). The largest absolute Gasteiger partial charge is 0.495 e. The summed E-state index contributed by atoms with van der Waals surface area (Å²) in [6, 6.07) is 7.02. The first-order valence-corrected chi connectivity index (χ1v) is 10.7. The van der Waals surface area contributed by atoms with E-state index in [0.717, 1.165) is 25.9 Å². The number of rotatable bonds is 7. The highest BCUT2D eigenvalue weighted by Gasteiger charge is 2.22. The number of ether oxygens (including phenoxy) is 1. The monoisotopic (exact) mass is 368 g/mol. The Balaban J connectivity index is 2.00. The third-order valence-electron chi connectivity index (χ3n) is 4.46. The maximum atomic E-state index is 12.4. The van der Waals surface area contributed by atoms with E-state index in [-0.39, 0.29) is 12.5 Å². The van der Waals surface area contributed by atoms with Crippen LogP contribution in [0.5, 0.6) is 5.75 Å². The van der Waals surface area contributed by atoms with E-state index in [1.165, 1.54) is 30.5 Å².